The normalized spacial score (nSPS) is 32.6. The van der Waals surface area contributed by atoms with Crippen LogP contribution in [-0.2, 0) is 14.3 Å². The smallest absolute Gasteiger partial charge is 0.246 e. The van der Waals surface area contributed by atoms with Crippen molar-refractivity contribution in [1.29, 1.82) is 0 Å². The molecule has 2 aliphatic heterocycles. The highest BCUT2D eigenvalue weighted by Crippen LogP contribution is 2.24. The van der Waals surface area contributed by atoms with E-state index in [1.807, 2.05) is 6.92 Å². The SMILES string of the molecule is CCC1(C(=O)NCC2CCC(C(N)=O)O2)CCCN1.Cl. The van der Waals surface area contributed by atoms with Crippen molar-refractivity contribution in [2.75, 3.05) is 13.1 Å². The highest BCUT2D eigenvalue weighted by molar-refractivity contribution is 5.86. The second-order valence-electron chi connectivity index (χ2n) is 5.40. The summed E-state index contributed by atoms with van der Waals surface area (Å²) in [6, 6.07) is 0. The van der Waals surface area contributed by atoms with E-state index in [4.69, 9.17) is 10.5 Å². The summed E-state index contributed by atoms with van der Waals surface area (Å²) in [7, 11) is 0. The van der Waals surface area contributed by atoms with Crippen molar-refractivity contribution in [3.63, 3.8) is 0 Å². The number of nitrogens with two attached hydrogens (primary N) is 1. The summed E-state index contributed by atoms with van der Waals surface area (Å²) in [5.74, 6) is -0.380. The van der Waals surface area contributed by atoms with E-state index >= 15 is 0 Å². The van der Waals surface area contributed by atoms with Crippen molar-refractivity contribution in [3.05, 3.63) is 0 Å². The fraction of sp³-hybridized carbons (Fsp3) is 0.846. The van der Waals surface area contributed by atoms with Crippen LogP contribution < -0.4 is 16.4 Å². The first kappa shape index (κ1) is 17.2. The Hall–Kier alpha value is -0.850. The van der Waals surface area contributed by atoms with Crippen LogP contribution in [0.1, 0.15) is 39.0 Å². The zero-order chi connectivity index (χ0) is 13.9. The van der Waals surface area contributed by atoms with Gasteiger partial charge >= 0.3 is 0 Å². The number of nitrogens with one attached hydrogen (secondary N) is 2. The monoisotopic (exact) mass is 305 g/mol. The Balaban J connectivity index is 0.00000200. The van der Waals surface area contributed by atoms with Gasteiger partial charge in [-0.15, -0.1) is 12.4 Å². The van der Waals surface area contributed by atoms with Crippen molar-refractivity contribution in [1.82, 2.24) is 10.6 Å². The van der Waals surface area contributed by atoms with Crippen LogP contribution in [0.5, 0.6) is 0 Å². The van der Waals surface area contributed by atoms with Gasteiger partial charge < -0.3 is 21.1 Å². The van der Waals surface area contributed by atoms with Crippen LogP contribution in [0.4, 0.5) is 0 Å². The van der Waals surface area contributed by atoms with Crippen molar-refractivity contribution in [2.45, 2.75) is 56.8 Å². The molecule has 2 rings (SSSR count). The molecule has 4 N–H and O–H groups in total. The number of hydrogen-bond donors (Lipinski definition) is 3. The number of hydrogen-bond acceptors (Lipinski definition) is 4. The molecular formula is C13H24ClN3O3. The molecule has 0 radical (unpaired) electrons. The molecule has 2 fully saturated rings. The molecule has 3 atom stereocenters. The highest BCUT2D eigenvalue weighted by Gasteiger charge is 2.39. The Morgan fingerprint density at radius 2 is 2.20 bits per heavy atom. The van der Waals surface area contributed by atoms with Crippen LogP contribution in [0, 0.1) is 0 Å². The van der Waals surface area contributed by atoms with Gasteiger partial charge in [0.2, 0.25) is 11.8 Å². The maximum Gasteiger partial charge on any atom is 0.246 e. The highest BCUT2D eigenvalue weighted by atomic mass is 35.5. The van der Waals surface area contributed by atoms with Gasteiger partial charge in [0.05, 0.1) is 11.6 Å². The van der Waals surface area contributed by atoms with E-state index in [2.05, 4.69) is 10.6 Å². The predicted molar refractivity (Wildman–Crippen MR) is 77.6 cm³/mol. The first-order chi connectivity index (χ1) is 9.07. The van der Waals surface area contributed by atoms with E-state index in [1.165, 1.54) is 0 Å². The molecule has 3 unspecified atom stereocenters. The topological polar surface area (TPSA) is 93.5 Å². The van der Waals surface area contributed by atoms with Crippen LogP contribution in [-0.4, -0.2) is 42.7 Å². The number of ether oxygens (including phenoxy) is 1. The number of carbonyl (C=O) groups is 2. The maximum absolute atomic E-state index is 12.2. The number of halogens is 1. The number of rotatable bonds is 5. The summed E-state index contributed by atoms with van der Waals surface area (Å²) in [6.45, 7) is 3.37. The maximum atomic E-state index is 12.2. The molecule has 6 nitrogen and oxygen atoms in total. The molecule has 0 bridgehead atoms. The number of primary amides is 1. The van der Waals surface area contributed by atoms with Gasteiger partial charge in [-0.3, -0.25) is 9.59 Å². The lowest BCUT2D eigenvalue weighted by molar-refractivity contribution is -0.129. The Morgan fingerprint density at radius 3 is 2.70 bits per heavy atom. The van der Waals surface area contributed by atoms with Crippen LogP contribution >= 0.6 is 12.4 Å². The van der Waals surface area contributed by atoms with Crippen molar-refractivity contribution >= 4 is 24.2 Å². The fourth-order valence-electron chi connectivity index (χ4n) is 2.90. The molecular weight excluding hydrogens is 282 g/mol. The van der Waals surface area contributed by atoms with E-state index in [0.717, 1.165) is 32.2 Å². The molecule has 0 spiro atoms. The molecule has 2 saturated heterocycles. The molecule has 0 aromatic carbocycles. The van der Waals surface area contributed by atoms with Crippen LogP contribution in [0.25, 0.3) is 0 Å². The fourth-order valence-corrected chi connectivity index (χ4v) is 2.90. The summed E-state index contributed by atoms with van der Waals surface area (Å²) in [5.41, 5.74) is 4.78. The van der Waals surface area contributed by atoms with Crippen molar-refractivity contribution < 1.29 is 14.3 Å². The summed E-state index contributed by atoms with van der Waals surface area (Å²) < 4.78 is 5.49. The quantitative estimate of drug-likeness (QED) is 0.671. The summed E-state index contributed by atoms with van der Waals surface area (Å²) >= 11 is 0. The van der Waals surface area contributed by atoms with Crippen LogP contribution in [0.15, 0.2) is 0 Å². The first-order valence-electron chi connectivity index (χ1n) is 7.05. The van der Waals surface area contributed by atoms with Gasteiger partial charge in [0.15, 0.2) is 0 Å². The summed E-state index contributed by atoms with van der Waals surface area (Å²) in [4.78, 5) is 23.2. The Kier molecular flexibility index (Phi) is 6.23. The van der Waals surface area contributed by atoms with E-state index < -0.39 is 17.6 Å². The van der Waals surface area contributed by atoms with E-state index in [-0.39, 0.29) is 24.4 Å². The summed E-state index contributed by atoms with van der Waals surface area (Å²) in [5, 5.41) is 6.23. The summed E-state index contributed by atoms with van der Waals surface area (Å²) in [6.07, 6.45) is 3.51. The van der Waals surface area contributed by atoms with Gasteiger partial charge in [0.25, 0.3) is 0 Å². The van der Waals surface area contributed by atoms with Crippen molar-refractivity contribution in [2.24, 2.45) is 5.73 Å². The van der Waals surface area contributed by atoms with Gasteiger partial charge in [-0.25, -0.2) is 0 Å². The minimum atomic E-state index is -0.494. The van der Waals surface area contributed by atoms with Gasteiger partial charge in [-0.2, -0.15) is 0 Å². The molecule has 2 amide bonds. The third-order valence-electron chi connectivity index (χ3n) is 4.20. The van der Waals surface area contributed by atoms with Gasteiger partial charge in [-0.05, 0) is 38.6 Å². The molecule has 0 saturated carbocycles. The Bertz CT molecular complexity index is 359. The first-order valence-corrected chi connectivity index (χ1v) is 7.05. The van der Waals surface area contributed by atoms with E-state index in [9.17, 15) is 9.59 Å². The zero-order valence-electron chi connectivity index (χ0n) is 11.8. The van der Waals surface area contributed by atoms with Crippen LogP contribution in [0.2, 0.25) is 0 Å². The zero-order valence-corrected chi connectivity index (χ0v) is 12.6. The molecule has 2 heterocycles. The van der Waals surface area contributed by atoms with Gasteiger partial charge in [-0.1, -0.05) is 6.92 Å². The molecule has 20 heavy (non-hydrogen) atoms. The van der Waals surface area contributed by atoms with Crippen LogP contribution in [0.3, 0.4) is 0 Å². The minimum Gasteiger partial charge on any atom is -0.367 e. The number of amides is 2. The lowest BCUT2D eigenvalue weighted by Crippen LogP contribution is -2.54. The average Bonchev–Trinajstić information content (AvgIpc) is 3.05. The standard InChI is InChI=1S/C13H23N3O3.ClH/c1-2-13(6-3-7-16-13)12(18)15-8-9-4-5-10(19-9)11(14)17;/h9-10,16H,2-8H2,1H3,(H2,14,17)(H,15,18);1H. The molecule has 0 aliphatic carbocycles. The minimum absolute atomic E-state index is 0. The second-order valence-corrected chi connectivity index (χ2v) is 5.40. The lowest BCUT2D eigenvalue weighted by Gasteiger charge is -2.27. The molecule has 7 heteroatoms. The largest absolute Gasteiger partial charge is 0.367 e. The second kappa shape index (κ2) is 7.24. The lowest BCUT2D eigenvalue weighted by atomic mass is 9.93. The molecule has 0 aromatic rings. The van der Waals surface area contributed by atoms with Crippen molar-refractivity contribution in [3.8, 4) is 0 Å². The molecule has 116 valence electrons. The predicted octanol–water partition coefficient (Wildman–Crippen LogP) is 0.0895. The van der Waals surface area contributed by atoms with E-state index in [1.54, 1.807) is 0 Å². The average molecular weight is 306 g/mol. The molecule has 2 aliphatic rings. The Labute approximate surface area is 125 Å². The Morgan fingerprint density at radius 1 is 1.45 bits per heavy atom. The third kappa shape index (κ3) is 3.62. The van der Waals surface area contributed by atoms with Gasteiger partial charge in [0, 0.05) is 6.54 Å². The van der Waals surface area contributed by atoms with Gasteiger partial charge in [0.1, 0.15) is 6.10 Å². The number of carbonyl (C=O) groups excluding carboxylic acids is 2. The molecule has 0 aromatic heterocycles. The third-order valence-corrected chi connectivity index (χ3v) is 4.20. The van der Waals surface area contributed by atoms with E-state index in [0.29, 0.717) is 13.0 Å².